The fourth-order valence-corrected chi connectivity index (χ4v) is 4.26. The minimum Gasteiger partial charge on any atom is -0.377 e. The van der Waals surface area contributed by atoms with Gasteiger partial charge in [-0.25, -0.2) is 0 Å². The van der Waals surface area contributed by atoms with Gasteiger partial charge in [0.05, 0.1) is 5.92 Å². The van der Waals surface area contributed by atoms with E-state index in [1.54, 1.807) is 21.3 Å². The molecule has 136 valence electrons. The summed E-state index contributed by atoms with van der Waals surface area (Å²) in [4.78, 5) is 25.4. The summed E-state index contributed by atoms with van der Waals surface area (Å²) in [6, 6.07) is 0.585. The van der Waals surface area contributed by atoms with E-state index in [2.05, 4.69) is 0 Å². The van der Waals surface area contributed by atoms with E-state index in [1.807, 2.05) is 41.5 Å². The number of ketones is 2. The van der Waals surface area contributed by atoms with Crippen LogP contribution in [0, 0.1) is 16.7 Å². The summed E-state index contributed by atoms with van der Waals surface area (Å²) in [5.74, 6) is -0.596. The predicted molar refractivity (Wildman–Crippen MR) is 93.2 cm³/mol. The highest BCUT2D eigenvalue weighted by Gasteiger charge is 2.41. The van der Waals surface area contributed by atoms with Gasteiger partial charge in [-0.2, -0.15) is 0 Å². The predicted octanol–water partition coefficient (Wildman–Crippen LogP) is 3.49. The second-order valence-corrected chi connectivity index (χ2v) is 11.1. The fraction of sp³-hybridized carbons (Fsp3) is 0.882. The first-order valence-corrected chi connectivity index (χ1v) is 10.0. The normalized spacial score (nSPS) is 13.5. The molecular weight excluding hydrogens is 312 g/mol. The molecule has 0 aliphatic carbocycles. The molecule has 5 nitrogen and oxygen atoms in total. The summed E-state index contributed by atoms with van der Waals surface area (Å²) < 4.78 is 16.2. The summed E-state index contributed by atoms with van der Waals surface area (Å²) in [5.41, 5.74) is -1.08. The Bertz CT molecular complexity index is 368. The van der Waals surface area contributed by atoms with E-state index in [0.29, 0.717) is 18.9 Å². The molecule has 0 bridgehead atoms. The van der Waals surface area contributed by atoms with Crippen LogP contribution in [-0.4, -0.2) is 41.7 Å². The standard InChI is InChI=1S/C17H34O5Si/c1-16(2,3)14(18)13(15(19)17(4,5)6)11-10-12-23(20-7,21-8)22-9/h13H,10-12H2,1-9H3. The fourth-order valence-electron chi connectivity index (χ4n) is 2.51. The molecule has 0 heterocycles. The van der Waals surface area contributed by atoms with E-state index in [1.165, 1.54) is 0 Å². The Kier molecular flexibility index (Phi) is 8.30. The van der Waals surface area contributed by atoms with Gasteiger partial charge in [-0.1, -0.05) is 41.5 Å². The molecule has 0 spiro atoms. The van der Waals surface area contributed by atoms with Crippen molar-refractivity contribution in [3.05, 3.63) is 0 Å². The van der Waals surface area contributed by atoms with E-state index in [9.17, 15) is 9.59 Å². The molecule has 0 N–H and O–H groups in total. The number of Topliss-reactive ketones (excluding diaryl/α,β-unsaturated/α-hetero) is 2. The summed E-state index contributed by atoms with van der Waals surface area (Å²) in [7, 11) is 2.03. The molecule has 0 aliphatic heterocycles. The van der Waals surface area contributed by atoms with Crippen molar-refractivity contribution in [3.63, 3.8) is 0 Å². The van der Waals surface area contributed by atoms with Crippen LogP contribution in [0.2, 0.25) is 6.04 Å². The van der Waals surface area contributed by atoms with Crippen LogP contribution in [0.1, 0.15) is 54.4 Å². The van der Waals surface area contributed by atoms with Crippen molar-refractivity contribution in [2.24, 2.45) is 16.7 Å². The van der Waals surface area contributed by atoms with Gasteiger partial charge in [0, 0.05) is 38.2 Å². The SMILES string of the molecule is CO[Si](CCCC(C(=O)C(C)(C)C)C(=O)C(C)(C)C)(OC)OC. The lowest BCUT2D eigenvalue weighted by atomic mass is 9.73. The van der Waals surface area contributed by atoms with Crippen molar-refractivity contribution >= 4 is 20.4 Å². The summed E-state index contributed by atoms with van der Waals surface area (Å²) >= 11 is 0. The van der Waals surface area contributed by atoms with E-state index < -0.39 is 25.6 Å². The monoisotopic (exact) mass is 346 g/mol. The maximum Gasteiger partial charge on any atom is 0.500 e. The molecular formula is C17H34O5Si. The third-order valence-electron chi connectivity index (χ3n) is 4.02. The van der Waals surface area contributed by atoms with Crippen LogP contribution < -0.4 is 0 Å². The third kappa shape index (κ3) is 6.45. The molecule has 0 aromatic rings. The first-order valence-electron chi connectivity index (χ1n) is 8.08. The van der Waals surface area contributed by atoms with Gasteiger partial charge in [-0.15, -0.1) is 0 Å². The summed E-state index contributed by atoms with van der Waals surface area (Å²) in [6.07, 6.45) is 1.15. The molecule has 0 saturated heterocycles. The maximum atomic E-state index is 12.7. The van der Waals surface area contributed by atoms with Gasteiger partial charge in [0.2, 0.25) is 0 Å². The van der Waals surface area contributed by atoms with Crippen molar-refractivity contribution in [2.45, 2.75) is 60.4 Å². The van der Waals surface area contributed by atoms with Crippen LogP contribution in [0.25, 0.3) is 0 Å². The van der Waals surface area contributed by atoms with Crippen molar-refractivity contribution in [2.75, 3.05) is 21.3 Å². The Hall–Kier alpha value is -0.563. The highest BCUT2D eigenvalue weighted by atomic mass is 28.4. The Morgan fingerprint density at radius 3 is 1.43 bits per heavy atom. The molecule has 23 heavy (non-hydrogen) atoms. The average molecular weight is 347 g/mol. The summed E-state index contributed by atoms with van der Waals surface area (Å²) in [6.45, 7) is 11.1. The van der Waals surface area contributed by atoms with Crippen molar-refractivity contribution in [1.82, 2.24) is 0 Å². The van der Waals surface area contributed by atoms with E-state index in [4.69, 9.17) is 13.3 Å². The highest BCUT2D eigenvalue weighted by Crippen LogP contribution is 2.31. The van der Waals surface area contributed by atoms with Crippen molar-refractivity contribution < 1.29 is 22.9 Å². The van der Waals surface area contributed by atoms with Crippen LogP contribution in [0.3, 0.4) is 0 Å². The molecule has 0 amide bonds. The first-order chi connectivity index (χ1) is 10.3. The smallest absolute Gasteiger partial charge is 0.377 e. The minimum atomic E-state index is -2.67. The van der Waals surface area contributed by atoms with Crippen LogP contribution in [0.5, 0.6) is 0 Å². The Labute approximate surface area is 142 Å². The highest BCUT2D eigenvalue weighted by molar-refractivity contribution is 6.60. The molecule has 0 aromatic carbocycles. The average Bonchev–Trinajstić information content (AvgIpc) is 2.45. The van der Waals surface area contributed by atoms with E-state index in [0.717, 1.165) is 0 Å². The van der Waals surface area contributed by atoms with Crippen molar-refractivity contribution in [3.8, 4) is 0 Å². The molecule has 0 aromatic heterocycles. The van der Waals surface area contributed by atoms with Gasteiger partial charge in [-0.3, -0.25) is 9.59 Å². The molecule has 0 unspecified atom stereocenters. The molecule has 6 heteroatoms. The number of carbonyl (C=O) groups excluding carboxylic acids is 2. The zero-order chi connectivity index (χ0) is 18.5. The molecule has 0 fully saturated rings. The lowest BCUT2D eigenvalue weighted by Crippen LogP contribution is -2.43. The van der Waals surface area contributed by atoms with Crippen LogP contribution in [0.4, 0.5) is 0 Å². The number of hydrogen-bond acceptors (Lipinski definition) is 5. The van der Waals surface area contributed by atoms with Crippen LogP contribution in [-0.2, 0) is 22.9 Å². The Morgan fingerprint density at radius 2 is 1.17 bits per heavy atom. The van der Waals surface area contributed by atoms with E-state index in [-0.39, 0.29) is 11.6 Å². The summed E-state index contributed by atoms with van der Waals surface area (Å²) in [5, 5.41) is 0. The number of rotatable bonds is 9. The van der Waals surface area contributed by atoms with Gasteiger partial charge >= 0.3 is 8.80 Å². The van der Waals surface area contributed by atoms with E-state index >= 15 is 0 Å². The zero-order valence-electron chi connectivity index (χ0n) is 16.2. The topological polar surface area (TPSA) is 61.8 Å². The molecule has 0 rings (SSSR count). The molecule has 0 radical (unpaired) electrons. The lowest BCUT2D eigenvalue weighted by Gasteiger charge is -2.30. The van der Waals surface area contributed by atoms with Gasteiger partial charge in [0.25, 0.3) is 0 Å². The van der Waals surface area contributed by atoms with Crippen LogP contribution >= 0.6 is 0 Å². The molecule has 0 saturated carbocycles. The zero-order valence-corrected chi connectivity index (χ0v) is 17.2. The Balaban J connectivity index is 5.13. The molecule has 0 aliphatic rings. The third-order valence-corrected chi connectivity index (χ3v) is 6.85. The van der Waals surface area contributed by atoms with Crippen molar-refractivity contribution in [1.29, 1.82) is 0 Å². The van der Waals surface area contributed by atoms with Crippen LogP contribution in [0.15, 0.2) is 0 Å². The number of hydrogen-bond donors (Lipinski definition) is 0. The largest absolute Gasteiger partial charge is 0.500 e. The van der Waals surface area contributed by atoms with Gasteiger partial charge < -0.3 is 13.3 Å². The lowest BCUT2D eigenvalue weighted by molar-refractivity contribution is -0.142. The maximum absolute atomic E-state index is 12.7. The Morgan fingerprint density at radius 1 is 0.826 bits per heavy atom. The second kappa shape index (κ2) is 8.51. The first kappa shape index (κ1) is 22.4. The second-order valence-electron chi connectivity index (χ2n) is 7.97. The quantitative estimate of drug-likeness (QED) is 0.472. The minimum absolute atomic E-state index is 0.00283. The van der Waals surface area contributed by atoms with Gasteiger partial charge in [0.1, 0.15) is 11.6 Å². The number of carbonyl (C=O) groups is 2. The van der Waals surface area contributed by atoms with Gasteiger partial charge in [0.15, 0.2) is 0 Å². The molecule has 0 atom stereocenters. The van der Waals surface area contributed by atoms with Gasteiger partial charge in [-0.05, 0) is 12.8 Å².